The van der Waals surface area contributed by atoms with Crippen LogP contribution in [-0.2, 0) is 6.42 Å². The fourth-order valence-electron chi connectivity index (χ4n) is 1.44. The van der Waals surface area contributed by atoms with Gasteiger partial charge in [0.15, 0.2) is 0 Å². The van der Waals surface area contributed by atoms with E-state index in [9.17, 15) is 5.11 Å². The summed E-state index contributed by atoms with van der Waals surface area (Å²) in [6.07, 6.45) is 0.136. The van der Waals surface area contributed by atoms with Crippen LogP contribution in [-0.4, -0.2) is 23.8 Å². The third-order valence-electron chi connectivity index (χ3n) is 2.16. The van der Waals surface area contributed by atoms with E-state index in [0.29, 0.717) is 29.1 Å². The standard InChI is InChI=1S/C12H17Cl2NO/c1-8(2)15-7-12(16)5-9-3-10(13)6-11(14)4-9/h3-4,6,8,12,15-16H,5,7H2,1-2H3. The molecule has 1 aromatic carbocycles. The van der Waals surface area contributed by atoms with Crippen LogP contribution < -0.4 is 5.32 Å². The molecule has 0 radical (unpaired) electrons. The van der Waals surface area contributed by atoms with E-state index in [0.717, 1.165) is 5.56 Å². The molecule has 1 aromatic rings. The molecule has 0 heterocycles. The van der Waals surface area contributed by atoms with Crippen LogP contribution in [0, 0.1) is 0 Å². The minimum atomic E-state index is -0.420. The van der Waals surface area contributed by atoms with Crippen LogP contribution in [0.25, 0.3) is 0 Å². The first-order valence-corrected chi connectivity index (χ1v) is 6.09. The summed E-state index contributed by atoms with van der Waals surface area (Å²) in [5.41, 5.74) is 0.954. The maximum Gasteiger partial charge on any atom is 0.0704 e. The minimum Gasteiger partial charge on any atom is -0.391 e. The van der Waals surface area contributed by atoms with Crippen LogP contribution in [0.15, 0.2) is 18.2 Å². The third-order valence-corrected chi connectivity index (χ3v) is 2.59. The van der Waals surface area contributed by atoms with E-state index in [4.69, 9.17) is 23.2 Å². The van der Waals surface area contributed by atoms with Crippen molar-refractivity contribution in [2.45, 2.75) is 32.4 Å². The fraction of sp³-hybridized carbons (Fsp3) is 0.500. The Labute approximate surface area is 107 Å². The molecule has 0 bridgehead atoms. The van der Waals surface area contributed by atoms with E-state index in [1.165, 1.54) is 0 Å². The van der Waals surface area contributed by atoms with E-state index < -0.39 is 6.10 Å². The molecule has 0 spiro atoms. The number of halogens is 2. The van der Waals surface area contributed by atoms with Crippen molar-refractivity contribution in [1.29, 1.82) is 0 Å². The molecular formula is C12H17Cl2NO. The van der Waals surface area contributed by atoms with Gasteiger partial charge in [0.25, 0.3) is 0 Å². The summed E-state index contributed by atoms with van der Waals surface area (Å²) >= 11 is 11.8. The molecule has 0 aliphatic heterocycles. The molecule has 16 heavy (non-hydrogen) atoms. The van der Waals surface area contributed by atoms with Gasteiger partial charge in [-0.2, -0.15) is 0 Å². The summed E-state index contributed by atoms with van der Waals surface area (Å²) in [6.45, 7) is 4.66. The number of rotatable bonds is 5. The Morgan fingerprint density at radius 2 is 1.75 bits per heavy atom. The Balaban J connectivity index is 2.52. The second kappa shape index (κ2) is 6.45. The quantitative estimate of drug-likeness (QED) is 0.855. The highest BCUT2D eigenvalue weighted by molar-refractivity contribution is 6.34. The molecule has 0 aliphatic carbocycles. The van der Waals surface area contributed by atoms with E-state index in [2.05, 4.69) is 5.32 Å². The Morgan fingerprint density at radius 1 is 1.19 bits per heavy atom. The minimum absolute atomic E-state index is 0.373. The van der Waals surface area contributed by atoms with Crippen molar-refractivity contribution in [3.63, 3.8) is 0 Å². The van der Waals surface area contributed by atoms with Gasteiger partial charge in [0.2, 0.25) is 0 Å². The highest BCUT2D eigenvalue weighted by Crippen LogP contribution is 2.19. The Kier molecular flexibility index (Phi) is 5.56. The number of aliphatic hydroxyl groups excluding tert-OH is 1. The predicted octanol–water partition coefficient (Wildman–Crippen LogP) is 2.89. The largest absolute Gasteiger partial charge is 0.391 e. The maximum atomic E-state index is 9.78. The first kappa shape index (κ1) is 13.8. The lowest BCUT2D eigenvalue weighted by Crippen LogP contribution is -2.33. The first-order chi connectivity index (χ1) is 7.47. The monoisotopic (exact) mass is 261 g/mol. The third kappa shape index (κ3) is 5.17. The van der Waals surface area contributed by atoms with Crippen molar-refractivity contribution in [1.82, 2.24) is 5.32 Å². The number of aliphatic hydroxyl groups is 1. The molecule has 90 valence electrons. The van der Waals surface area contributed by atoms with Crippen LogP contribution in [0.3, 0.4) is 0 Å². The van der Waals surface area contributed by atoms with Gasteiger partial charge in [0.05, 0.1) is 6.10 Å². The molecule has 0 aliphatic rings. The lowest BCUT2D eigenvalue weighted by Gasteiger charge is -2.14. The Morgan fingerprint density at radius 3 is 2.25 bits per heavy atom. The molecule has 0 fully saturated rings. The van der Waals surface area contributed by atoms with E-state index in [1.807, 2.05) is 26.0 Å². The average Bonchev–Trinajstić information content (AvgIpc) is 2.12. The highest BCUT2D eigenvalue weighted by Gasteiger charge is 2.07. The maximum absolute atomic E-state index is 9.78. The van der Waals surface area contributed by atoms with Crippen LogP contribution in [0.5, 0.6) is 0 Å². The van der Waals surface area contributed by atoms with Crippen LogP contribution >= 0.6 is 23.2 Å². The normalized spacial score (nSPS) is 13.1. The van der Waals surface area contributed by atoms with Gasteiger partial charge in [-0.15, -0.1) is 0 Å². The zero-order chi connectivity index (χ0) is 12.1. The lowest BCUT2D eigenvalue weighted by atomic mass is 10.1. The summed E-state index contributed by atoms with van der Waals surface area (Å²) in [7, 11) is 0. The first-order valence-electron chi connectivity index (χ1n) is 5.34. The van der Waals surface area contributed by atoms with Crippen molar-refractivity contribution in [3.8, 4) is 0 Å². The van der Waals surface area contributed by atoms with Gasteiger partial charge in [-0.3, -0.25) is 0 Å². The predicted molar refractivity (Wildman–Crippen MR) is 69.3 cm³/mol. The SMILES string of the molecule is CC(C)NCC(O)Cc1cc(Cl)cc(Cl)c1. The summed E-state index contributed by atoms with van der Waals surface area (Å²) in [4.78, 5) is 0. The van der Waals surface area contributed by atoms with Gasteiger partial charge in [0, 0.05) is 22.6 Å². The van der Waals surface area contributed by atoms with Crippen LogP contribution in [0.4, 0.5) is 0 Å². The molecule has 0 amide bonds. The topological polar surface area (TPSA) is 32.3 Å². The molecule has 1 unspecified atom stereocenters. The molecule has 0 saturated heterocycles. The summed E-state index contributed by atoms with van der Waals surface area (Å²) in [6, 6.07) is 5.71. The van der Waals surface area contributed by atoms with Gasteiger partial charge in [0.1, 0.15) is 0 Å². The van der Waals surface area contributed by atoms with E-state index in [1.54, 1.807) is 6.07 Å². The number of benzene rings is 1. The Hall–Kier alpha value is -0.280. The van der Waals surface area contributed by atoms with Crippen molar-refractivity contribution in [3.05, 3.63) is 33.8 Å². The molecule has 4 heteroatoms. The van der Waals surface area contributed by atoms with E-state index >= 15 is 0 Å². The summed E-state index contributed by atoms with van der Waals surface area (Å²) in [5.74, 6) is 0. The molecule has 0 aromatic heterocycles. The number of hydrogen-bond donors (Lipinski definition) is 2. The summed E-state index contributed by atoms with van der Waals surface area (Å²) in [5, 5.41) is 14.2. The van der Waals surface area contributed by atoms with Gasteiger partial charge < -0.3 is 10.4 Å². The fourth-order valence-corrected chi connectivity index (χ4v) is 2.02. The second-order valence-electron chi connectivity index (χ2n) is 4.20. The van der Waals surface area contributed by atoms with Crippen LogP contribution in [0.1, 0.15) is 19.4 Å². The summed E-state index contributed by atoms with van der Waals surface area (Å²) < 4.78 is 0. The zero-order valence-corrected chi connectivity index (χ0v) is 11.0. The second-order valence-corrected chi connectivity index (χ2v) is 5.07. The number of nitrogens with one attached hydrogen (secondary N) is 1. The molecule has 0 saturated carbocycles. The molecule has 1 atom stereocenters. The van der Waals surface area contributed by atoms with Crippen molar-refractivity contribution in [2.24, 2.45) is 0 Å². The lowest BCUT2D eigenvalue weighted by molar-refractivity contribution is 0.169. The smallest absolute Gasteiger partial charge is 0.0704 e. The molecule has 2 nitrogen and oxygen atoms in total. The van der Waals surface area contributed by atoms with Gasteiger partial charge >= 0.3 is 0 Å². The van der Waals surface area contributed by atoms with Gasteiger partial charge in [-0.05, 0) is 30.2 Å². The van der Waals surface area contributed by atoms with Gasteiger partial charge in [-0.1, -0.05) is 37.0 Å². The van der Waals surface area contributed by atoms with Crippen LogP contribution in [0.2, 0.25) is 10.0 Å². The van der Waals surface area contributed by atoms with Crippen molar-refractivity contribution >= 4 is 23.2 Å². The van der Waals surface area contributed by atoms with Crippen molar-refractivity contribution in [2.75, 3.05) is 6.54 Å². The van der Waals surface area contributed by atoms with Crippen molar-refractivity contribution < 1.29 is 5.11 Å². The molecule has 2 N–H and O–H groups in total. The molecule has 1 rings (SSSR count). The Bertz CT molecular complexity index is 322. The zero-order valence-electron chi connectivity index (χ0n) is 9.50. The average molecular weight is 262 g/mol. The van der Waals surface area contributed by atoms with Gasteiger partial charge in [-0.25, -0.2) is 0 Å². The van der Waals surface area contributed by atoms with E-state index in [-0.39, 0.29) is 0 Å². The number of hydrogen-bond acceptors (Lipinski definition) is 2. The molecular weight excluding hydrogens is 245 g/mol. The highest BCUT2D eigenvalue weighted by atomic mass is 35.5.